The number of anilines is 2. The number of carbonyl (C=O) groups excluding carboxylic acids is 1. The van der Waals surface area contributed by atoms with Crippen LogP contribution in [-0.2, 0) is 9.53 Å². The van der Waals surface area contributed by atoms with E-state index in [2.05, 4.69) is 15.5 Å². The Labute approximate surface area is 118 Å². The largest absolute Gasteiger partial charge is 0.490 e. The van der Waals surface area contributed by atoms with Crippen LogP contribution in [0.25, 0.3) is 0 Å². The Hall–Kier alpha value is -1.79. The molecule has 0 saturated carbocycles. The summed E-state index contributed by atoms with van der Waals surface area (Å²) in [7, 11) is 2.02. The molecule has 1 atom stereocenters. The molecule has 2 heterocycles. The van der Waals surface area contributed by atoms with E-state index in [1.54, 1.807) is 0 Å². The molecule has 0 bridgehead atoms. The number of morpholine rings is 1. The third kappa shape index (κ3) is 2.71. The second-order valence-electron chi connectivity index (χ2n) is 5.02. The molecule has 2 N–H and O–H groups in total. The van der Waals surface area contributed by atoms with Crippen molar-refractivity contribution in [3.63, 3.8) is 0 Å². The quantitative estimate of drug-likeness (QED) is 0.821. The van der Waals surface area contributed by atoms with Crippen molar-refractivity contribution >= 4 is 17.3 Å². The van der Waals surface area contributed by atoms with Crippen LogP contribution in [0.15, 0.2) is 18.2 Å². The molecule has 1 aromatic carbocycles. The van der Waals surface area contributed by atoms with Gasteiger partial charge in [-0.3, -0.25) is 4.79 Å². The van der Waals surface area contributed by atoms with E-state index in [-0.39, 0.29) is 11.9 Å². The highest BCUT2D eigenvalue weighted by atomic mass is 16.5. The van der Waals surface area contributed by atoms with E-state index in [1.807, 2.05) is 25.2 Å². The standard InChI is InChI=1S/C14H19N3O3/c1-17-5-7-20-13-3-2-10(8-12(13)17)16-14(18)11-9-19-6-4-15-11/h2-3,8,11,15H,4-7,9H2,1H3,(H,16,18). The first-order chi connectivity index (χ1) is 9.74. The number of fused-ring (bicyclic) bond motifs is 1. The van der Waals surface area contributed by atoms with Crippen LogP contribution in [-0.4, -0.2) is 51.9 Å². The Morgan fingerprint density at radius 3 is 3.15 bits per heavy atom. The van der Waals surface area contributed by atoms with Crippen molar-refractivity contribution in [2.75, 3.05) is 50.2 Å². The fraction of sp³-hybridized carbons (Fsp3) is 0.500. The van der Waals surface area contributed by atoms with Crippen molar-refractivity contribution in [1.82, 2.24) is 5.32 Å². The van der Waals surface area contributed by atoms with Crippen LogP contribution >= 0.6 is 0 Å². The molecule has 3 rings (SSSR count). The Balaban J connectivity index is 1.71. The molecule has 6 heteroatoms. The van der Waals surface area contributed by atoms with Crippen LogP contribution in [0.3, 0.4) is 0 Å². The van der Waals surface area contributed by atoms with E-state index in [0.29, 0.717) is 26.4 Å². The van der Waals surface area contributed by atoms with Crippen molar-refractivity contribution in [2.45, 2.75) is 6.04 Å². The lowest BCUT2D eigenvalue weighted by molar-refractivity contribution is -0.120. The van der Waals surface area contributed by atoms with E-state index in [0.717, 1.165) is 23.7 Å². The van der Waals surface area contributed by atoms with Gasteiger partial charge in [0.2, 0.25) is 5.91 Å². The Bertz CT molecular complexity index is 500. The molecule has 108 valence electrons. The molecule has 1 unspecified atom stereocenters. The van der Waals surface area contributed by atoms with Crippen LogP contribution in [0.5, 0.6) is 5.75 Å². The summed E-state index contributed by atoms with van der Waals surface area (Å²) in [6, 6.07) is 5.41. The summed E-state index contributed by atoms with van der Waals surface area (Å²) >= 11 is 0. The lowest BCUT2D eigenvalue weighted by atomic mass is 10.2. The number of nitrogens with one attached hydrogen (secondary N) is 2. The first-order valence-corrected chi connectivity index (χ1v) is 6.84. The molecule has 1 saturated heterocycles. The van der Waals surface area contributed by atoms with E-state index >= 15 is 0 Å². The number of nitrogens with zero attached hydrogens (tertiary/aromatic N) is 1. The average molecular weight is 277 g/mol. The van der Waals surface area contributed by atoms with Gasteiger partial charge < -0.3 is 25.0 Å². The summed E-state index contributed by atoms with van der Waals surface area (Å²) in [4.78, 5) is 14.2. The maximum atomic E-state index is 12.1. The van der Waals surface area contributed by atoms with E-state index in [9.17, 15) is 4.79 Å². The maximum Gasteiger partial charge on any atom is 0.243 e. The number of hydrogen-bond donors (Lipinski definition) is 2. The molecule has 1 aromatic rings. The summed E-state index contributed by atoms with van der Waals surface area (Å²) in [5, 5.41) is 6.06. The molecule has 2 aliphatic heterocycles. The minimum atomic E-state index is -0.284. The molecule has 1 fully saturated rings. The van der Waals surface area contributed by atoms with Gasteiger partial charge in [0, 0.05) is 19.3 Å². The van der Waals surface area contributed by atoms with Crippen molar-refractivity contribution in [2.24, 2.45) is 0 Å². The Morgan fingerprint density at radius 2 is 2.35 bits per heavy atom. The van der Waals surface area contributed by atoms with Gasteiger partial charge in [0.15, 0.2) is 0 Å². The van der Waals surface area contributed by atoms with Gasteiger partial charge in [-0.2, -0.15) is 0 Å². The number of amides is 1. The van der Waals surface area contributed by atoms with Crippen LogP contribution in [0.1, 0.15) is 0 Å². The molecule has 20 heavy (non-hydrogen) atoms. The van der Waals surface area contributed by atoms with Crippen LogP contribution in [0.2, 0.25) is 0 Å². The maximum absolute atomic E-state index is 12.1. The van der Waals surface area contributed by atoms with Crippen molar-refractivity contribution in [1.29, 1.82) is 0 Å². The number of ether oxygens (including phenoxy) is 2. The average Bonchev–Trinajstić information content (AvgIpc) is 2.49. The van der Waals surface area contributed by atoms with E-state index in [4.69, 9.17) is 9.47 Å². The van der Waals surface area contributed by atoms with Gasteiger partial charge in [-0.1, -0.05) is 0 Å². The zero-order valence-electron chi connectivity index (χ0n) is 11.5. The predicted octanol–water partition coefficient (Wildman–Crippen LogP) is 0.442. The minimum Gasteiger partial charge on any atom is -0.490 e. The second-order valence-corrected chi connectivity index (χ2v) is 5.02. The number of benzene rings is 1. The highest BCUT2D eigenvalue weighted by Crippen LogP contribution is 2.33. The third-order valence-electron chi connectivity index (χ3n) is 3.56. The predicted molar refractivity (Wildman–Crippen MR) is 76.4 cm³/mol. The lowest BCUT2D eigenvalue weighted by Crippen LogP contribution is -2.48. The van der Waals surface area contributed by atoms with Crippen LogP contribution < -0.4 is 20.3 Å². The van der Waals surface area contributed by atoms with Crippen LogP contribution in [0, 0.1) is 0 Å². The number of hydrogen-bond acceptors (Lipinski definition) is 5. The topological polar surface area (TPSA) is 62.8 Å². The molecule has 1 amide bonds. The van der Waals surface area contributed by atoms with Gasteiger partial charge in [0.05, 0.1) is 25.4 Å². The molecular weight excluding hydrogens is 258 g/mol. The Morgan fingerprint density at radius 1 is 1.45 bits per heavy atom. The lowest BCUT2D eigenvalue weighted by Gasteiger charge is -2.28. The monoisotopic (exact) mass is 277 g/mol. The van der Waals surface area contributed by atoms with Gasteiger partial charge >= 0.3 is 0 Å². The molecule has 2 aliphatic rings. The molecule has 0 spiro atoms. The molecule has 0 aromatic heterocycles. The minimum absolute atomic E-state index is 0.0657. The fourth-order valence-electron chi connectivity index (χ4n) is 2.39. The summed E-state index contributed by atoms with van der Waals surface area (Å²) < 4.78 is 10.9. The number of likely N-dealkylation sites (N-methyl/N-ethyl adjacent to an activating group) is 1. The van der Waals surface area contributed by atoms with Gasteiger partial charge in [-0.25, -0.2) is 0 Å². The van der Waals surface area contributed by atoms with Crippen molar-refractivity contribution < 1.29 is 14.3 Å². The molecule has 6 nitrogen and oxygen atoms in total. The van der Waals surface area contributed by atoms with Crippen molar-refractivity contribution in [3.8, 4) is 5.75 Å². The molecule has 0 radical (unpaired) electrons. The Kier molecular flexibility index (Phi) is 3.75. The second kappa shape index (κ2) is 5.68. The molecule has 0 aliphatic carbocycles. The van der Waals surface area contributed by atoms with Crippen LogP contribution in [0.4, 0.5) is 11.4 Å². The number of rotatable bonds is 2. The van der Waals surface area contributed by atoms with Gasteiger partial charge in [0.25, 0.3) is 0 Å². The normalized spacial score (nSPS) is 21.9. The summed E-state index contributed by atoms with van der Waals surface area (Å²) in [6.07, 6.45) is 0. The zero-order valence-corrected chi connectivity index (χ0v) is 11.5. The highest BCUT2D eigenvalue weighted by molar-refractivity contribution is 5.95. The first kappa shape index (κ1) is 13.2. The number of carbonyl (C=O) groups is 1. The van der Waals surface area contributed by atoms with Crippen molar-refractivity contribution in [3.05, 3.63) is 18.2 Å². The first-order valence-electron chi connectivity index (χ1n) is 6.84. The van der Waals surface area contributed by atoms with E-state index < -0.39 is 0 Å². The van der Waals surface area contributed by atoms with E-state index in [1.165, 1.54) is 0 Å². The SMILES string of the molecule is CN1CCOc2ccc(NC(=O)C3COCCN3)cc21. The zero-order chi connectivity index (χ0) is 13.9. The molecular formula is C14H19N3O3. The highest BCUT2D eigenvalue weighted by Gasteiger charge is 2.22. The van der Waals surface area contributed by atoms with Gasteiger partial charge in [-0.15, -0.1) is 0 Å². The smallest absolute Gasteiger partial charge is 0.243 e. The van der Waals surface area contributed by atoms with Gasteiger partial charge in [-0.05, 0) is 18.2 Å². The summed E-state index contributed by atoms with van der Waals surface area (Å²) in [6.45, 7) is 3.32. The van der Waals surface area contributed by atoms with Gasteiger partial charge in [0.1, 0.15) is 18.4 Å². The summed E-state index contributed by atoms with van der Waals surface area (Å²) in [5.41, 5.74) is 1.78. The summed E-state index contributed by atoms with van der Waals surface area (Å²) in [5.74, 6) is 0.792. The fourth-order valence-corrected chi connectivity index (χ4v) is 2.39. The third-order valence-corrected chi connectivity index (χ3v) is 3.56.